The molecule has 1 aromatic carbocycles. The van der Waals surface area contributed by atoms with E-state index in [4.69, 9.17) is 5.73 Å². The molecule has 2 atom stereocenters. The van der Waals surface area contributed by atoms with Crippen molar-refractivity contribution >= 4 is 34.4 Å². The van der Waals surface area contributed by atoms with Crippen LogP contribution in [0.4, 0.5) is 0 Å². The quantitative estimate of drug-likeness (QED) is 0.667. The van der Waals surface area contributed by atoms with Gasteiger partial charge >= 0.3 is 11.9 Å². The van der Waals surface area contributed by atoms with Gasteiger partial charge in [0.25, 0.3) is 0 Å². The number of methoxy groups -OCH3 is 2. The average Bonchev–Trinajstić information content (AvgIpc) is 2.66. The Morgan fingerprint density at radius 1 is 1.15 bits per heavy atom. The van der Waals surface area contributed by atoms with E-state index in [0.717, 1.165) is 32.4 Å². The molecule has 152 valence electrons. The lowest BCUT2D eigenvalue weighted by Gasteiger charge is -2.31. The Labute approximate surface area is 165 Å². The third-order valence-electron chi connectivity index (χ3n) is 4.62. The molecular weight excluding hydrogens is 396 g/mol. The lowest BCUT2D eigenvalue weighted by Crippen LogP contribution is -2.45. The van der Waals surface area contributed by atoms with Gasteiger partial charge in [0.1, 0.15) is 0 Å². The second-order valence-electron chi connectivity index (χ2n) is 6.20. The lowest BCUT2D eigenvalue weighted by molar-refractivity contribution is 0.0583. The zero-order valence-corrected chi connectivity index (χ0v) is 16.9. The van der Waals surface area contributed by atoms with Crippen LogP contribution in [0, 0.1) is 5.92 Å². The van der Waals surface area contributed by atoms with Crippen molar-refractivity contribution < 1.29 is 27.5 Å². The highest BCUT2D eigenvalue weighted by atomic mass is 35.5. The van der Waals surface area contributed by atoms with Crippen LogP contribution in [0.2, 0.25) is 0 Å². The van der Waals surface area contributed by atoms with Crippen LogP contribution in [-0.2, 0) is 19.5 Å². The van der Waals surface area contributed by atoms with Gasteiger partial charge in [0, 0.05) is 6.04 Å². The average molecular weight is 421 g/mol. The van der Waals surface area contributed by atoms with Crippen LogP contribution in [0.25, 0.3) is 0 Å². The monoisotopic (exact) mass is 420 g/mol. The third kappa shape index (κ3) is 5.41. The Kier molecular flexibility index (Phi) is 8.67. The summed E-state index contributed by atoms with van der Waals surface area (Å²) in [6, 6.07) is 3.38. The van der Waals surface area contributed by atoms with Gasteiger partial charge in [0.15, 0.2) is 0 Å². The summed E-state index contributed by atoms with van der Waals surface area (Å²) < 4.78 is 37.8. The van der Waals surface area contributed by atoms with Gasteiger partial charge in [-0.2, -0.15) is 0 Å². The first-order valence-electron chi connectivity index (χ1n) is 8.37. The highest BCUT2D eigenvalue weighted by Gasteiger charge is 2.31. The SMILES string of the molecule is COC(=O)c1ccc(C(=O)OC)c(S(=O)(=O)NC2CCCCC2CN)c1.Cl. The zero-order chi connectivity index (χ0) is 19.3. The molecule has 2 rings (SSSR count). The fourth-order valence-electron chi connectivity index (χ4n) is 3.18. The number of halogens is 1. The van der Waals surface area contributed by atoms with Crippen LogP contribution < -0.4 is 10.5 Å². The molecule has 27 heavy (non-hydrogen) atoms. The standard InChI is InChI=1S/C17H24N2O6S.ClH/c1-24-16(20)11-7-8-13(17(21)25-2)15(9-11)26(22,23)19-14-6-4-3-5-12(14)10-18;/h7-9,12,14,19H,3-6,10,18H2,1-2H3;1H. The fraction of sp³-hybridized carbons (Fsp3) is 0.529. The van der Waals surface area contributed by atoms with Crippen molar-refractivity contribution in [3.63, 3.8) is 0 Å². The molecule has 0 bridgehead atoms. The fourth-order valence-corrected chi connectivity index (χ4v) is 4.73. The molecule has 1 aromatic rings. The second-order valence-corrected chi connectivity index (χ2v) is 7.88. The van der Waals surface area contributed by atoms with Crippen molar-refractivity contribution in [1.82, 2.24) is 4.72 Å². The number of nitrogens with two attached hydrogens (primary N) is 1. The van der Waals surface area contributed by atoms with E-state index in [2.05, 4.69) is 14.2 Å². The van der Waals surface area contributed by atoms with Crippen LogP contribution in [0.3, 0.4) is 0 Å². The van der Waals surface area contributed by atoms with Crippen LogP contribution in [0.5, 0.6) is 0 Å². The van der Waals surface area contributed by atoms with E-state index >= 15 is 0 Å². The molecule has 2 unspecified atom stereocenters. The number of esters is 2. The Hall–Kier alpha value is -1.68. The minimum Gasteiger partial charge on any atom is -0.465 e. The van der Waals surface area contributed by atoms with Crippen LogP contribution in [0.15, 0.2) is 23.1 Å². The van der Waals surface area contributed by atoms with Crippen LogP contribution in [-0.4, -0.2) is 47.2 Å². The Morgan fingerprint density at radius 3 is 2.37 bits per heavy atom. The highest BCUT2D eigenvalue weighted by molar-refractivity contribution is 7.89. The number of hydrogen-bond donors (Lipinski definition) is 2. The van der Waals surface area contributed by atoms with Crippen molar-refractivity contribution in [1.29, 1.82) is 0 Å². The summed E-state index contributed by atoms with van der Waals surface area (Å²) in [5.41, 5.74) is 5.64. The van der Waals surface area contributed by atoms with E-state index in [1.54, 1.807) is 0 Å². The third-order valence-corrected chi connectivity index (χ3v) is 6.15. The summed E-state index contributed by atoms with van der Waals surface area (Å²) >= 11 is 0. The number of ether oxygens (including phenoxy) is 2. The van der Waals surface area contributed by atoms with Gasteiger partial charge in [0.2, 0.25) is 10.0 Å². The summed E-state index contributed by atoms with van der Waals surface area (Å²) in [5.74, 6) is -1.47. The molecule has 0 saturated heterocycles. The normalized spacial score (nSPS) is 19.7. The van der Waals surface area contributed by atoms with Crippen molar-refractivity contribution in [3.05, 3.63) is 29.3 Å². The van der Waals surface area contributed by atoms with Crippen molar-refractivity contribution in [2.24, 2.45) is 11.7 Å². The van der Waals surface area contributed by atoms with E-state index in [1.165, 1.54) is 19.2 Å². The summed E-state index contributed by atoms with van der Waals surface area (Å²) in [4.78, 5) is 23.4. The molecular formula is C17H25ClN2O6S. The Morgan fingerprint density at radius 2 is 1.78 bits per heavy atom. The van der Waals surface area contributed by atoms with E-state index in [9.17, 15) is 18.0 Å². The molecule has 1 aliphatic carbocycles. The Balaban J connectivity index is 0.00000364. The molecule has 0 spiro atoms. The topological polar surface area (TPSA) is 125 Å². The molecule has 0 aromatic heterocycles. The van der Waals surface area contributed by atoms with E-state index in [0.29, 0.717) is 13.0 Å². The van der Waals surface area contributed by atoms with Crippen LogP contribution >= 0.6 is 12.4 Å². The van der Waals surface area contributed by atoms with Gasteiger partial charge in [-0.05, 0) is 43.5 Å². The molecule has 10 heteroatoms. The molecule has 8 nitrogen and oxygen atoms in total. The molecule has 1 aliphatic rings. The minimum absolute atomic E-state index is 0. The first kappa shape index (κ1) is 23.4. The molecule has 1 fully saturated rings. The van der Waals surface area contributed by atoms with E-state index < -0.39 is 22.0 Å². The lowest BCUT2D eigenvalue weighted by atomic mass is 9.85. The van der Waals surface area contributed by atoms with Gasteiger partial charge < -0.3 is 15.2 Å². The predicted octanol–water partition coefficient (Wildman–Crippen LogP) is 1.48. The summed E-state index contributed by atoms with van der Waals surface area (Å²) in [5, 5.41) is 0. The van der Waals surface area contributed by atoms with Gasteiger partial charge in [-0.1, -0.05) is 12.8 Å². The molecule has 0 radical (unpaired) electrons. The summed E-state index contributed by atoms with van der Waals surface area (Å²) in [7, 11) is -1.72. The number of hydrogen-bond acceptors (Lipinski definition) is 7. The molecule has 1 saturated carbocycles. The molecule has 3 N–H and O–H groups in total. The van der Waals surface area contributed by atoms with Gasteiger partial charge in [-0.25, -0.2) is 22.7 Å². The second kappa shape index (κ2) is 10.0. The number of rotatable bonds is 6. The number of sulfonamides is 1. The molecule has 0 amide bonds. The Bertz CT molecular complexity index is 784. The smallest absolute Gasteiger partial charge is 0.339 e. The number of nitrogens with one attached hydrogen (secondary N) is 1. The number of carbonyl (C=O) groups is 2. The predicted molar refractivity (Wildman–Crippen MR) is 101 cm³/mol. The zero-order valence-electron chi connectivity index (χ0n) is 15.3. The molecule has 0 aliphatic heterocycles. The minimum atomic E-state index is -4.07. The van der Waals surface area contributed by atoms with Gasteiger partial charge in [-0.3, -0.25) is 0 Å². The maximum absolute atomic E-state index is 13.0. The maximum Gasteiger partial charge on any atom is 0.339 e. The molecule has 0 heterocycles. The number of carbonyl (C=O) groups excluding carboxylic acids is 2. The van der Waals surface area contributed by atoms with Crippen LogP contribution in [0.1, 0.15) is 46.4 Å². The van der Waals surface area contributed by atoms with Crippen molar-refractivity contribution in [2.75, 3.05) is 20.8 Å². The number of benzene rings is 1. The first-order chi connectivity index (χ1) is 12.3. The summed E-state index contributed by atoms with van der Waals surface area (Å²) in [6.45, 7) is 0.374. The van der Waals surface area contributed by atoms with E-state index in [1.807, 2.05) is 0 Å². The van der Waals surface area contributed by atoms with Crippen molar-refractivity contribution in [2.45, 2.75) is 36.6 Å². The van der Waals surface area contributed by atoms with Gasteiger partial charge in [-0.15, -0.1) is 12.4 Å². The highest BCUT2D eigenvalue weighted by Crippen LogP contribution is 2.26. The van der Waals surface area contributed by atoms with Crippen molar-refractivity contribution in [3.8, 4) is 0 Å². The maximum atomic E-state index is 13.0. The first-order valence-corrected chi connectivity index (χ1v) is 9.85. The largest absolute Gasteiger partial charge is 0.465 e. The van der Waals surface area contributed by atoms with Gasteiger partial charge in [0.05, 0.1) is 30.2 Å². The van der Waals surface area contributed by atoms with E-state index in [-0.39, 0.29) is 40.4 Å². The summed E-state index contributed by atoms with van der Waals surface area (Å²) in [6.07, 6.45) is 3.42.